The maximum Gasteiger partial charge on any atom is 0.235 e. The normalized spacial score (nSPS) is 14.8. The molecule has 35 heavy (non-hydrogen) atoms. The van der Waals surface area contributed by atoms with Gasteiger partial charge < -0.3 is 15.1 Å². The van der Waals surface area contributed by atoms with E-state index in [2.05, 4.69) is 25.7 Å². The van der Waals surface area contributed by atoms with Gasteiger partial charge in [-0.2, -0.15) is 5.26 Å². The van der Waals surface area contributed by atoms with Gasteiger partial charge in [-0.05, 0) is 17.5 Å². The molecule has 2 aromatic heterocycles. The molecule has 0 aliphatic carbocycles. The fourth-order valence-electron chi connectivity index (χ4n) is 4.14. The van der Waals surface area contributed by atoms with E-state index in [1.54, 1.807) is 12.5 Å². The summed E-state index contributed by atoms with van der Waals surface area (Å²) in [4.78, 5) is 29.4. The first kappa shape index (κ1) is 24.3. The van der Waals surface area contributed by atoms with Crippen molar-refractivity contribution in [3.63, 3.8) is 0 Å². The highest BCUT2D eigenvalue weighted by atomic mass is 32.2. The minimum Gasteiger partial charge on any atom is -0.448 e. The van der Waals surface area contributed by atoms with E-state index in [1.165, 1.54) is 0 Å². The molecule has 0 bridgehead atoms. The van der Waals surface area contributed by atoms with Crippen LogP contribution in [0.5, 0.6) is 0 Å². The maximum absolute atomic E-state index is 12.3. The first-order valence-electron chi connectivity index (χ1n) is 11.3. The Morgan fingerprint density at radius 2 is 2.06 bits per heavy atom. The Bertz CT molecular complexity index is 1260. The third-order valence-electron chi connectivity index (χ3n) is 5.90. The summed E-state index contributed by atoms with van der Waals surface area (Å²) in [6, 6.07) is 11.4. The standard InChI is InChI=1S/C25H25N7O2S/c1-3-18-19(15-26)25(35-22(23(27)33)17-7-5-4-6-8-17)30-24(21(18)28-2)32-12-10-31(11-13-32)16-20-29-9-14-34-20/h4-9,14,22H,3,10-13,16H2,1H3,(H2,27,33). The van der Waals surface area contributed by atoms with Crippen LogP contribution in [0.3, 0.4) is 0 Å². The highest BCUT2D eigenvalue weighted by molar-refractivity contribution is 8.00. The molecule has 1 aliphatic rings. The number of thioether (sulfide) groups is 1. The number of pyridine rings is 1. The molecule has 178 valence electrons. The average Bonchev–Trinajstić information content (AvgIpc) is 3.40. The molecule has 4 rings (SSSR count). The van der Waals surface area contributed by atoms with Crippen molar-refractivity contribution in [3.8, 4) is 6.07 Å². The zero-order valence-electron chi connectivity index (χ0n) is 19.3. The van der Waals surface area contributed by atoms with Gasteiger partial charge in [0.2, 0.25) is 17.5 Å². The molecule has 0 saturated carbocycles. The summed E-state index contributed by atoms with van der Waals surface area (Å²) in [7, 11) is 0. The monoisotopic (exact) mass is 487 g/mol. The van der Waals surface area contributed by atoms with E-state index in [4.69, 9.17) is 21.7 Å². The van der Waals surface area contributed by atoms with E-state index < -0.39 is 11.2 Å². The molecule has 1 saturated heterocycles. The second-order valence-corrected chi connectivity index (χ2v) is 9.11. The van der Waals surface area contributed by atoms with Crippen LogP contribution in [0.1, 0.15) is 34.8 Å². The molecule has 3 aromatic rings. The average molecular weight is 488 g/mol. The van der Waals surface area contributed by atoms with Crippen molar-refractivity contribution >= 4 is 29.2 Å². The number of carbonyl (C=O) groups is 1. The van der Waals surface area contributed by atoms with Gasteiger partial charge in [-0.3, -0.25) is 9.69 Å². The third-order valence-corrected chi connectivity index (χ3v) is 7.16. The topological polar surface area (TPSA) is 117 Å². The van der Waals surface area contributed by atoms with Crippen molar-refractivity contribution in [3.05, 3.63) is 76.8 Å². The van der Waals surface area contributed by atoms with Gasteiger partial charge in [0.05, 0.1) is 24.9 Å². The second kappa shape index (κ2) is 11.0. The molecule has 1 unspecified atom stereocenters. The first-order chi connectivity index (χ1) is 17.0. The van der Waals surface area contributed by atoms with E-state index in [-0.39, 0.29) is 0 Å². The SMILES string of the molecule is [C-]#[N+]c1c(N2CCN(Cc3ncco3)CC2)nc(SC(C(N)=O)c2ccccc2)c(C#N)c1CC. The number of aromatic nitrogens is 2. The number of benzene rings is 1. The molecule has 1 aliphatic heterocycles. The summed E-state index contributed by atoms with van der Waals surface area (Å²) < 4.78 is 5.36. The van der Waals surface area contributed by atoms with Crippen molar-refractivity contribution in [1.29, 1.82) is 5.26 Å². The molecule has 1 atom stereocenters. The lowest BCUT2D eigenvalue weighted by molar-refractivity contribution is -0.117. The van der Waals surface area contributed by atoms with Crippen molar-refractivity contribution in [2.24, 2.45) is 5.73 Å². The predicted octanol–water partition coefficient (Wildman–Crippen LogP) is 3.70. The molecule has 3 heterocycles. The Morgan fingerprint density at radius 3 is 2.63 bits per heavy atom. The molecular weight excluding hydrogens is 462 g/mol. The van der Waals surface area contributed by atoms with E-state index in [0.717, 1.165) is 30.4 Å². The van der Waals surface area contributed by atoms with E-state index >= 15 is 0 Å². The van der Waals surface area contributed by atoms with E-state index in [1.807, 2.05) is 37.3 Å². The quantitative estimate of drug-likeness (QED) is 0.378. The van der Waals surface area contributed by atoms with Gasteiger partial charge in [0.1, 0.15) is 28.4 Å². The number of piperazine rings is 1. The Labute approximate surface area is 208 Å². The highest BCUT2D eigenvalue weighted by Crippen LogP contribution is 2.42. The Kier molecular flexibility index (Phi) is 7.66. The van der Waals surface area contributed by atoms with Gasteiger partial charge in [0, 0.05) is 26.2 Å². The summed E-state index contributed by atoms with van der Waals surface area (Å²) in [5.41, 5.74) is 7.85. The minimum atomic E-state index is -0.704. The summed E-state index contributed by atoms with van der Waals surface area (Å²) in [6.07, 6.45) is 3.70. The van der Waals surface area contributed by atoms with Crippen LogP contribution in [-0.2, 0) is 17.8 Å². The highest BCUT2D eigenvalue weighted by Gasteiger charge is 2.29. The smallest absolute Gasteiger partial charge is 0.235 e. The summed E-state index contributed by atoms with van der Waals surface area (Å²) in [5, 5.41) is 9.69. The molecule has 0 spiro atoms. The Morgan fingerprint density at radius 1 is 1.31 bits per heavy atom. The van der Waals surface area contributed by atoms with Crippen LogP contribution in [0.25, 0.3) is 4.85 Å². The zero-order valence-corrected chi connectivity index (χ0v) is 20.2. The van der Waals surface area contributed by atoms with Gasteiger partial charge in [-0.15, -0.1) is 0 Å². The van der Waals surface area contributed by atoms with Crippen molar-refractivity contribution in [2.45, 2.75) is 30.2 Å². The molecule has 9 nitrogen and oxygen atoms in total. The van der Waals surface area contributed by atoms with Crippen molar-refractivity contribution < 1.29 is 9.21 Å². The fraction of sp³-hybridized carbons (Fsp3) is 0.320. The number of carbonyl (C=O) groups excluding carboxylic acids is 1. The van der Waals surface area contributed by atoms with Crippen LogP contribution in [-0.4, -0.2) is 47.0 Å². The lowest BCUT2D eigenvalue weighted by Gasteiger charge is -2.36. The maximum atomic E-state index is 12.3. The van der Waals surface area contributed by atoms with Gasteiger partial charge in [-0.25, -0.2) is 14.8 Å². The summed E-state index contributed by atoms with van der Waals surface area (Å²) >= 11 is 1.16. The lowest BCUT2D eigenvalue weighted by atomic mass is 10.1. The van der Waals surface area contributed by atoms with Gasteiger partial charge in [0.15, 0.2) is 0 Å². The van der Waals surface area contributed by atoms with Crippen molar-refractivity contribution in [2.75, 3.05) is 31.1 Å². The zero-order chi connectivity index (χ0) is 24.8. The van der Waals surface area contributed by atoms with Crippen LogP contribution in [0.2, 0.25) is 0 Å². The summed E-state index contributed by atoms with van der Waals surface area (Å²) in [6.45, 7) is 13.2. The van der Waals surface area contributed by atoms with Crippen LogP contribution in [0.4, 0.5) is 11.5 Å². The predicted molar refractivity (Wildman–Crippen MR) is 133 cm³/mol. The molecule has 2 N–H and O–H groups in total. The molecule has 1 aromatic carbocycles. The van der Waals surface area contributed by atoms with E-state index in [0.29, 0.717) is 59.6 Å². The Balaban J connectivity index is 1.66. The van der Waals surface area contributed by atoms with Gasteiger partial charge >= 0.3 is 0 Å². The van der Waals surface area contributed by atoms with Gasteiger partial charge in [-0.1, -0.05) is 49.0 Å². The third kappa shape index (κ3) is 5.29. The van der Waals surface area contributed by atoms with E-state index in [9.17, 15) is 10.1 Å². The number of amides is 1. The van der Waals surface area contributed by atoms with Crippen LogP contribution < -0.4 is 10.6 Å². The molecular formula is C25H25N7O2S. The van der Waals surface area contributed by atoms with Gasteiger partial charge in [0.25, 0.3) is 0 Å². The molecule has 1 amide bonds. The fourth-order valence-corrected chi connectivity index (χ4v) is 5.20. The number of rotatable bonds is 8. The number of hydrogen-bond donors (Lipinski definition) is 1. The Hall–Kier alpha value is -3.86. The first-order valence-corrected chi connectivity index (χ1v) is 12.1. The number of primary amides is 1. The number of anilines is 1. The number of hydrogen-bond acceptors (Lipinski definition) is 8. The second-order valence-electron chi connectivity index (χ2n) is 8.02. The molecule has 10 heteroatoms. The number of oxazole rings is 1. The minimum absolute atomic E-state index is 0.331. The number of nitriles is 1. The lowest BCUT2D eigenvalue weighted by Crippen LogP contribution is -2.46. The molecule has 1 fully saturated rings. The van der Waals surface area contributed by atoms with Crippen LogP contribution in [0.15, 0.2) is 52.2 Å². The number of nitrogens with two attached hydrogens (primary N) is 1. The summed E-state index contributed by atoms with van der Waals surface area (Å²) in [5.74, 6) is 0.702. The largest absolute Gasteiger partial charge is 0.448 e. The van der Waals surface area contributed by atoms with Crippen LogP contribution >= 0.6 is 11.8 Å². The van der Waals surface area contributed by atoms with Crippen molar-refractivity contribution in [1.82, 2.24) is 14.9 Å². The van der Waals surface area contributed by atoms with Crippen LogP contribution in [0, 0.1) is 17.9 Å². The molecule has 0 radical (unpaired) electrons. The number of nitrogens with zero attached hydrogens (tertiary/aromatic N) is 6.